The van der Waals surface area contributed by atoms with Gasteiger partial charge in [-0.15, -0.1) is 0 Å². The van der Waals surface area contributed by atoms with Crippen molar-refractivity contribution in [1.29, 1.82) is 0 Å². The van der Waals surface area contributed by atoms with Gasteiger partial charge in [0, 0.05) is 12.1 Å². The topological polar surface area (TPSA) is 76.7 Å². The van der Waals surface area contributed by atoms with E-state index in [1.807, 2.05) is 13.8 Å². The Labute approximate surface area is 153 Å². The molecule has 0 unspecified atom stereocenters. The van der Waals surface area contributed by atoms with Gasteiger partial charge >= 0.3 is 5.97 Å². The molecular formula is C18H24N2O4S. The van der Waals surface area contributed by atoms with Gasteiger partial charge in [-0.05, 0) is 55.4 Å². The fourth-order valence-electron chi connectivity index (χ4n) is 1.70. The molecule has 0 radical (unpaired) electrons. The molecule has 1 aromatic rings. The molecule has 1 rings (SSSR count). The maximum Gasteiger partial charge on any atom is 0.306 e. The number of benzene rings is 1. The van der Waals surface area contributed by atoms with E-state index in [9.17, 15) is 9.59 Å². The van der Waals surface area contributed by atoms with Crippen molar-refractivity contribution in [3.05, 3.63) is 36.4 Å². The summed E-state index contributed by atoms with van der Waals surface area (Å²) in [6.07, 6.45) is 0.810. The number of carbonyl (C=O) groups is 2. The molecule has 0 spiro atoms. The van der Waals surface area contributed by atoms with Gasteiger partial charge in [-0.1, -0.05) is 13.5 Å². The van der Waals surface area contributed by atoms with Gasteiger partial charge in [0.1, 0.15) is 12.4 Å². The molecule has 6 nitrogen and oxygen atoms in total. The molecule has 0 aliphatic carbocycles. The first-order valence-corrected chi connectivity index (χ1v) is 8.45. The molecule has 0 fully saturated rings. The lowest BCUT2D eigenvalue weighted by molar-refractivity contribution is -0.144. The molecule has 2 N–H and O–H groups in total. The van der Waals surface area contributed by atoms with Crippen LogP contribution in [0.1, 0.15) is 33.1 Å². The van der Waals surface area contributed by atoms with Crippen molar-refractivity contribution in [3.63, 3.8) is 0 Å². The van der Waals surface area contributed by atoms with E-state index in [0.29, 0.717) is 19.0 Å². The monoisotopic (exact) mass is 364 g/mol. The quantitative estimate of drug-likeness (QED) is 0.398. The highest BCUT2D eigenvalue weighted by Gasteiger charge is 2.09. The van der Waals surface area contributed by atoms with Crippen molar-refractivity contribution in [2.45, 2.75) is 33.1 Å². The molecule has 0 aromatic heterocycles. The molecule has 0 aliphatic rings. The van der Waals surface area contributed by atoms with E-state index >= 15 is 0 Å². The number of amides is 1. The molecule has 136 valence electrons. The average molecular weight is 364 g/mol. The molecule has 1 amide bonds. The number of thiocarbonyl (C=S) groups is 1. The van der Waals surface area contributed by atoms with E-state index in [1.165, 1.54) is 0 Å². The molecule has 0 atom stereocenters. The minimum atomic E-state index is -0.388. The van der Waals surface area contributed by atoms with Gasteiger partial charge in [0.25, 0.3) is 0 Å². The van der Waals surface area contributed by atoms with Gasteiger partial charge < -0.3 is 20.1 Å². The lowest BCUT2D eigenvalue weighted by atomic mass is 10.3. The van der Waals surface area contributed by atoms with Crippen LogP contribution in [0.5, 0.6) is 5.75 Å². The first-order chi connectivity index (χ1) is 11.9. The van der Waals surface area contributed by atoms with Crippen molar-refractivity contribution in [2.75, 3.05) is 18.5 Å². The summed E-state index contributed by atoms with van der Waals surface area (Å²) in [5.41, 5.74) is 1.65. The number of nitrogens with one attached hydrogen (secondary N) is 2. The number of carbonyl (C=O) groups excluding carboxylic acids is 2. The van der Waals surface area contributed by atoms with Crippen molar-refractivity contribution >= 4 is 34.9 Å². The van der Waals surface area contributed by atoms with Gasteiger partial charge in [0.15, 0.2) is 5.11 Å². The summed E-state index contributed by atoms with van der Waals surface area (Å²) < 4.78 is 10.4. The highest BCUT2D eigenvalue weighted by Crippen LogP contribution is 2.16. The Morgan fingerprint density at radius 2 is 1.88 bits per heavy atom. The molecule has 1 aromatic carbocycles. The zero-order valence-corrected chi connectivity index (χ0v) is 15.4. The Hall–Kier alpha value is -2.41. The van der Waals surface area contributed by atoms with E-state index in [4.69, 9.17) is 21.7 Å². The van der Waals surface area contributed by atoms with Crippen molar-refractivity contribution in [2.24, 2.45) is 0 Å². The number of esters is 1. The van der Waals surface area contributed by atoms with Crippen LogP contribution in [0.2, 0.25) is 0 Å². The van der Waals surface area contributed by atoms with E-state index in [-0.39, 0.29) is 29.8 Å². The van der Waals surface area contributed by atoms with Crippen LogP contribution in [-0.4, -0.2) is 30.2 Å². The Morgan fingerprint density at radius 1 is 1.20 bits per heavy atom. The summed E-state index contributed by atoms with van der Waals surface area (Å²) in [5.74, 6) is -0.0114. The van der Waals surface area contributed by atoms with E-state index in [1.54, 1.807) is 24.3 Å². The summed E-state index contributed by atoms with van der Waals surface area (Å²) in [4.78, 5) is 23.1. The zero-order valence-electron chi connectivity index (χ0n) is 14.6. The Balaban J connectivity index is 2.34. The zero-order chi connectivity index (χ0) is 18.7. The van der Waals surface area contributed by atoms with Crippen LogP contribution in [0.25, 0.3) is 0 Å². The van der Waals surface area contributed by atoms with E-state index in [2.05, 4.69) is 17.2 Å². The SMILES string of the molecule is C=C(C)COc1ccc(NC(=S)NC(=O)CCC(=O)OCCC)cc1. The minimum Gasteiger partial charge on any atom is -0.489 e. The van der Waals surface area contributed by atoms with Crippen molar-refractivity contribution in [3.8, 4) is 5.75 Å². The Morgan fingerprint density at radius 3 is 2.48 bits per heavy atom. The lowest BCUT2D eigenvalue weighted by Gasteiger charge is -2.11. The number of ether oxygens (including phenoxy) is 2. The van der Waals surface area contributed by atoms with Gasteiger partial charge in [0.2, 0.25) is 5.91 Å². The van der Waals surface area contributed by atoms with Gasteiger partial charge in [-0.3, -0.25) is 9.59 Å². The molecule has 0 bridgehead atoms. The second kappa shape index (κ2) is 11.2. The number of rotatable bonds is 9. The van der Waals surface area contributed by atoms with Crippen molar-refractivity contribution in [1.82, 2.24) is 5.32 Å². The predicted octanol–water partition coefficient (Wildman–Crippen LogP) is 3.19. The second-order valence-corrected chi connectivity index (χ2v) is 5.90. The van der Waals surface area contributed by atoms with Gasteiger partial charge in [0.05, 0.1) is 13.0 Å². The molecule has 0 aliphatic heterocycles. The number of hydrogen-bond acceptors (Lipinski definition) is 5. The summed E-state index contributed by atoms with van der Waals surface area (Å²) in [5, 5.41) is 5.59. The summed E-state index contributed by atoms with van der Waals surface area (Å²) in [6, 6.07) is 7.15. The highest BCUT2D eigenvalue weighted by molar-refractivity contribution is 7.80. The smallest absolute Gasteiger partial charge is 0.306 e. The second-order valence-electron chi connectivity index (χ2n) is 5.49. The van der Waals surface area contributed by atoms with Gasteiger partial charge in [-0.25, -0.2) is 0 Å². The minimum absolute atomic E-state index is 0.0258. The largest absolute Gasteiger partial charge is 0.489 e. The Bertz CT molecular complexity index is 614. The standard InChI is InChI=1S/C18H24N2O4S/c1-4-11-23-17(22)10-9-16(21)20-18(25)19-14-5-7-15(8-6-14)24-12-13(2)3/h5-8H,2,4,9-12H2,1,3H3,(H2,19,20,21,25). The first-order valence-electron chi connectivity index (χ1n) is 8.04. The Kier molecular flexibility index (Phi) is 9.24. The predicted molar refractivity (Wildman–Crippen MR) is 102 cm³/mol. The molecule has 0 saturated carbocycles. The maximum absolute atomic E-state index is 11.8. The third-order valence-corrected chi connectivity index (χ3v) is 3.08. The van der Waals surface area contributed by atoms with Crippen LogP contribution < -0.4 is 15.4 Å². The maximum atomic E-state index is 11.8. The van der Waals surface area contributed by atoms with Crippen molar-refractivity contribution < 1.29 is 19.1 Å². The van der Waals surface area contributed by atoms with Crippen LogP contribution in [0.15, 0.2) is 36.4 Å². The van der Waals surface area contributed by atoms with Crippen LogP contribution in [0.3, 0.4) is 0 Å². The number of hydrogen-bond donors (Lipinski definition) is 2. The summed E-state index contributed by atoms with van der Waals surface area (Å²) >= 11 is 5.08. The summed E-state index contributed by atoms with van der Waals surface area (Å²) in [7, 11) is 0. The molecule has 25 heavy (non-hydrogen) atoms. The van der Waals surface area contributed by atoms with E-state index in [0.717, 1.165) is 17.7 Å². The van der Waals surface area contributed by atoms with Gasteiger partial charge in [-0.2, -0.15) is 0 Å². The van der Waals surface area contributed by atoms with Crippen LogP contribution in [0, 0.1) is 0 Å². The first kappa shape index (κ1) is 20.6. The third-order valence-electron chi connectivity index (χ3n) is 2.87. The van der Waals surface area contributed by atoms with Crippen LogP contribution >= 0.6 is 12.2 Å². The average Bonchev–Trinajstić information content (AvgIpc) is 2.57. The third kappa shape index (κ3) is 9.46. The summed E-state index contributed by atoms with van der Waals surface area (Å²) in [6.45, 7) is 8.39. The van der Waals surface area contributed by atoms with E-state index < -0.39 is 0 Å². The molecule has 0 heterocycles. The fourth-order valence-corrected chi connectivity index (χ4v) is 1.93. The highest BCUT2D eigenvalue weighted by atomic mass is 32.1. The number of anilines is 1. The fraction of sp³-hybridized carbons (Fsp3) is 0.389. The lowest BCUT2D eigenvalue weighted by Crippen LogP contribution is -2.34. The van der Waals surface area contributed by atoms with Crippen LogP contribution in [-0.2, 0) is 14.3 Å². The van der Waals surface area contributed by atoms with Crippen LogP contribution in [0.4, 0.5) is 5.69 Å². The normalized spacial score (nSPS) is 9.84. The molecular weight excluding hydrogens is 340 g/mol. The molecule has 7 heteroatoms. The molecule has 0 saturated heterocycles.